The molecule has 28 heavy (non-hydrogen) atoms. The average Bonchev–Trinajstić information content (AvgIpc) is 3.36. The zero-order chi connectivity index (χ0) is 19.5. The van der Waals surface area contributed by atoms with E-state index in [4.69, 9.17) is 9.72 Å². The summed E-state index contributed by atoms with van der Waals surface area (Å²) in [6.07, 6.45) is 4.24. The lowest BCUT2D eigenvalue weighted by atomic mass is 10.1. The van der Waals surface area contributed by atoms with Crippen LogP contribution in [0.5, 0.6) is 0 Å². The van der Waals surface area contributed by atoms with Gasteiger partial charge in [0.1, 0.15) is 5.82 Å². The van der Waals surface area contributed by atoms with Gasteiger partial charge >= 0.3 is 0 Å². The number of nitrogens with zero attached hydrogens (tertiary/aromatic N) is 2. The first-order chi connectivity index (χ1) is 13.6. The smallest absolute Gasteiger partial charge is 0.233 e. The zero-order valence-corrected chi connectivity index (χ0v) is 17.2. The molecule has 1 saturated heterocycles. The predicted octanol–water partition coefficient (Wildman–Crippen LogP) is 4.91. The largest absolute Gasteiger partial charge is 0.376 e. The molecule has 0 saturated carbocycles. The lowest BCUT2D eigenvalue weighted by Gasteiger charge is -2.23. The Morgan fingerprint density at radius 1 is 1.32 bits per heavy atom. The van der Waals surface area contributed by atoms with E-state index in [0.717, 1.165) is 35.2 Å². The minimum absolute atomic E-state index is 0.0333. The van der Waals surface area contributed by atoms with E-state index in [1.54, 1.807) is 28.8 Å². The van der Waals surface area contributed by atoms with E-state index in [9.17, 15) is 9.18 Å². The standard InChI is InChI=1S/C21H21FN2O2S2/c1-27-17-8-9-18-19(12-17)28-21(23-18)24(13-16-3-2-10-26-16)20(25)11-14-4-6-15(22)7-5-14/h4-9,12,16H,2-3,10-11,13H2,1H3/t16-/m1/s1. The maximum absolute atomic E-state index is 13.2. The van der Waals surface area contributed by atoms with Crippen LogP contribution in [0.2, 0.25) is 0 Å². The number of fused-ring (bicyclic) bond motifs is 1. The number of thiazole rings is 1. The van der Waals surface area contributed by atoms with Crippen LogP contribution in [0.1, 0.15) is 18.4 Å². The molecule has 7 heteroatoms. The van der Waals surface area contributed by atoms with Gasteiger partial charge in [-0.3, -0.25) is 9.69 Å². The second-order valence-electron chi connectivity index (χ2n) is 6.77. The fraction of sp³-hybridized carbons (Fsp3) is 0.333. The first kappa shape index (κ1) is 19.4. The summed E-state index contributed by atoms with van der Waals surface area (Å²) in [6, 6.07) is 12.2. The van der Waals surface area contributed by atoms with Crippen LogP contribution in [0.3, 0.4) is 0 Å². The van der Waals surface area contributed by atoms with Crippen molar-refractivity contribution in [1.29, 1.82) is 0 Å². The average molecular weight is 417 g/mol. The maximum Gasteiger partial charge on any atom is 0.233 e. The first-order valence-corrected chi connectivity index (χ1v) is 11.3. The zero-order valence-electron chi connectivity index (χ0n) is 15.6. The van der Waals surface area contributed by atoms with Crippen LogP contribution < -0.4 is 4.90 Å². The summed E-state index contributed by atoms with van der Waals surface area (Å²) in [4.78, 5) is 20.7. The number of carbonyl (C=O) groups is 1. The van der Waals surface area contributed by atoms with Gasteiger partial charge in [0.2, 0.25) is 5.91 Å². The molecule has 2 heterocycles. The summed E-state index contributed by atoms with van der Waals surface area (Å²) >= 11 is 3.21. The van der Waals surface area contributed by atoms with Crippen LogP contribution in [-0.4, -0.2) is 36.4 Å². The van der Waals surface area contributed by atoms with Crippen molar-refractivity contribution in [2.45, 2.75) is 30.3 Å². The van der Waals surface area contributed by atoms with Gasteiger partial charge in [-0.25, -0.2) is 9.37 Å². The van der Waals surface area contributed by atoms with Crippen molar-refractivity contribution in [2.75, 3.05) is 24.3 Å². The van der Waals surface area contributed by atoms with Crippen LogP contribution in [0.25, 0.3) is 10.2 Å². The summed E-state index contributed by atoms with van der Waals surface area (Å²) in [6.45, 7) is 1.23. The molecule has 0 bridgehead atoms. The van der Waals surface area contributed by atoms with E-state index >= 15 is 0 Å². The van der Waals surface area contributed by atoms with E-state index in [1.807, 2.05) is 18.4 Å². The maximum atomic E-state index is 13.2. The molecule has 0 unspecified atom stereocenters. The van der Waals surface area contributed by atoms with Crippen molar-refractivity contribution < 1.29 is 13.9 Å². The second-order valence-corrected chi connectivity index (χ2v) is 8.66. The lowest BCUT2D eigenvalue weighted by molar-refractivity contribution is -0.118. The number of halogens is 1. The number of anilines is 1. The fourth-order valence-electron chi connectivity index (χ4n) is 3.29. The Balaban J connectivity index is 1.62. The summed E-state index contributed by atoms with van der Waals surface area (Å²) in [5.41, 5.74) is 1.68. The van der Waals surface area contributed by atoms with E-state index in [0.29, 0.717) is 11.7 Å². The third-order valence-electron chi connectivity index (χ3n) is 4.80. The fourth-order valence-corrected chi connectivity index (χ4v) is 4.83. The highest BCUT2D eigenvalue weighted by Gasteiger charge is 2.26. The predicted molar refractivity (Wildman–Crippen MR) is 113 cm³/mol. The van der Waals surface area contributed by atoms with Gasteiger partial charge < -0.3 is 4.74 Å². The Hall–Kier alpha value is -1.96. The number of hydrogen-bond acceptors (Lipinski definition) is 5. The Labute approximate surface area is 171 Å². The van der Waals surface area contributed by atoms with Crippen molar-refractivity contribution in [3.63, 3.8) is 0 Å². The number of ether oxygens (including phenoxy) is 1. The van der Waals surface area contributed by atoms with Crippen molar-refractivity contribution in [3.05, 3.63) is 53.8 Å². The van der Waals surface area contributed by atoms with Crippen molar-refractivity contribution in [1.82, 2.24) is 4.98 Å². The molecule has 4 rings (SSSR count). The van der Waals surface area contributed by atoms with Gasteiger partial charge in [-0.2, -0.15) is 0 Å². The van der Waals surface area contributed by atoms with Crippen molar-refractivity contribution in [2.24, 2.45) is 0 Å². The normalized spacial score (nSPS) is 16.6. The molecule has 1 fully saturated rings. The number of thioether (sulfide) groups is 1. The van der Waals surface area contributed by atoms with E-state index in [1.165, 1.54) is 28.4 Å². The Morgan fingerprint density at radius 3 is 2.86 bits per heavy atom. The molecule has 1 amide bonds. The van der Waals surface area contributed by atoms with Gasteiger partial charge in [0, 0.05) is 11.5 Å². The molecule has 1 aliphatic heterocycles. The highest BCUT2D eigenvalue weighted by molar-refractivity contribution is 7.98. The molecule has 4 nitrogen and oxygen atoms in total. The number of benzene rings is 2. The molecule has 0 N–H and O–H groups in total. The van der Waals surface area contributed by atoms with Crippen LogP contribution in [0.4, 0.5) is 9.52 Å². The van der Waals surface area contributed by atoms with Crippen LogP contribution in [0, 0.1) is 5.82 Å². The first-order valence-electron chi connectivity index (χ1n) is 9.23. The summed E-state index contributed by atoms with van der Waals surface area (Å²) in [7, 11) is 0. The molecule has 1 atom stereocenters. The molecular formula is C21H21FN2O2S2. The number of hydrogen-bond donors (Lipinski definition) is 0. The summed E-state index contributed by atoms with van der Waals surface area (Å²) < 4.78 is 20.0. The third-order valence-corrected chi connectivity index (χ3v) is 6.56. The Bertz CT molecular complexity index is 968. The van der Waals surface area contributed by atoms with Gasteiger partial charge in [-0.1, -0.05) is 23.5 Å². The van der Waals surface area contributed by atoms with Crippen molar-refractivity contribution in [3.8, 4) is 0 Å². The van der Waals surface area contributed by atoms with Crippen LogP contribution in [0.15, 0.2) is 47.4 Å². The Morgan fingerprint density at radius 2 is 2.14 bits per heavy atom. The van der Waals surface area contributed by atoms with Gasteiger partial charge in [-0.15, -0.1) is 11.8 Å². The topological polar surface area (TPSA) is 42.4 Å². The lowest BCUT2D eigenvalue weighted by Crippen LogP contribution is -2.38. The van der Waals surface area contributed by atoms with Gasteiger partial charge in [-0.05, 0) is 55.0 Å². The highest BCUT2D eigenvalue weighted by atomic mass is 32.2. The van der Waals surface area contributed by atoms with E-state index in [2.05, 4.69) is 6.07 Å². The third kappa shape index (κ3) is 4.37. The van der Waals surface area contributed by atoms with Gasteiger partial charge in [0.15, 0.2) is 5.13 Å². The minimum atomic E-state index is -0.303. The van der Waals surface area contributed by atoms with E-state index in [-0.39, 0.29) is 24.2 Å². The van der Waals surface area contributed by atoms with Crippen LogP contribution in [-0.2, 0) is 16.0 Å². The quantitative estimate of drug-likeness (QED) is 0.536. The van der Waals surface area contributed by atoms with E-state index < -0.39 is 0 Å². The molecular weight excluding hydrogens is 395 g/mol. The van der Waals surface area contributed by atoms with Gasteiger partial charge in [0.05, 0.1) is 29.3 Å². The number of rotatable bonds is 6. The second kappa shape index (κ2) is 8.59. The Kier molecular flexibility index (Phi) is 5.94. The molecule has 146 valence electrons. The van der Waals surface area contributed by atoms with Gasteiger partial charge in [0.25, 0.3) is 0 Å². The highest BCUT2D eigenvalue weighted by Crippen LogP contribution is 2.32. The summed E-state index contributed by atoms with van der Waals surface area (Å²) in [5, 5.41) is 0.691. The number of carbonyl (C=O) groups excluding carboxylic acids is 1. The summed E-state index contributed by atoms with van der Waals surface area (Å²) in [5.74, 6) is -0.352. The molecule has 0 aliphatic carbocycles. The van der Waals surface area contributed by atoms with Crippen LogP contribution >= 0.6 is 23.1 Å². The molecule has 3 aromatic rings. The monoisotopic (exact) mass is 416 g/mol. The molecule has 2 aromatic carbocycles. The van der Waals surface area contributed by atoms with Crippen molar-refractivity contribution >= 4 is 44.4 Å². The number of aromatic nitrogens is 1. The molecule has 1 aromatic heterocycles. The SMILES string of the molecule is CSc1ccc2nc(N(C[C@H]3CCCO3)C(=O)Cc3ccc(F)cc3)sc2c1. The molecule has 0 spiro atoms. The molecule has 1 aliphatic rings. The molecule has 0 radical (unpaired) electrons. The number of amides is 1. The minimum Gasteiger partial charge on any atom is -0.376 e.